The van der Waals surface area contributed by atoms with Crippen LogP contribution in [0.25, 0.3) is 0 Å². The summed E-state index contributed by atoms with van der Waals surface area (Å²) < 4.78 is 17.2. The minimum atomic E-state index is -0.722. The van der Waals surface area contributed by atoms with Crippen LogP contribution in [-0.4, -0.2) is 47.7 Å². The highest BCUT2D eigenvalue weighted by Crippen LogP contribution is 2.38. The monoisotopic (exact) mass is 408 g/mol. The molecule has 1 N–H and O–H groups in total. The van der Waals surface area contributed by atoms with Crippen LogP contribution in [0.15, 0.2) is 12.2 Å². The lowest BCUT2D eigenvalue weighted by molar-refractivity contribution is -0.137. The Morgan fingerprint density at radius 2 is 1.24 bits per heavy atom. The standard InChI is InChI=1S/C24H40O5/c1-2-3-4-5-6-7-8-12-18-19(27-18)13-9-10-14-20-22(28-20)17-23-21(29-23)15-11-16-24(25)26/h9-10,18-23H,2-8,11-17H2,1H3,(H,25,26). The van der Waals surface area contributed by atoms with Crippen LogP contribution in [0, 0.1) is 0 Å². The first-order valence-electron chi connectivity index (χ1n) is 12.0. The summed E-state index contributed by atoms with van der Waals surface area (Å²) in [6.07, 6.45) is 22.3. The summed E-state index contributed by atoms with van der Waals surface area (Å²) in [7, 11) is 0. The number of unbranched alkanes of at least 4 members (excludes halogenated alkanes) is 6. The molecule has 0 amide bonds. The summed E-state index contributed by atoms with van der Waals surface area (Å²) in [6, 6.07) is 0. The first kappa shape index (κ1) is 22.8. The van der Waals surface area contributed by atoms with Gasteiger partial charge in [-0.3, -0.25) is 4.79 Å². The molecule has 3 rings (SSSR count). The number of epoxide rings is 3. The van der Waals surface area contributed by atoms with Gasteiger partial charge in [0.05, 0.1) is 36.6 Å². The van der Waals surface area contributed by atoms with Crippen LogP contribution in [-0.2, 0) is 19.0 Å². The normalized spacial score (nSPS) is 32.6. The first-order valence-corrected chi connectivity index (χ1v) is 12.0. The summed E-state index contributed by atoms with van der Waals surface area (Å²) in [5.41, 5.74) is 0. The van der Waals surface area contributed by atoms with E-state index in [0.29, 0.717) is 30.8 Å². The maximum Gasteiger partial charge on any atom is 0.303 e. The maximum absolute atomic E-state index is 10.5. The molecule has 3 fully saturated rings. The Morgan fingerprint density at radius 3 is 1.97 bits per heavy atom. The van der Waals surface area contributed by atoms with E-state index in [9.17, 15) is 4.79 Å². The van der Waals surface area contributed by atoms with Crippen molar-refractivity contribution in [3.05, 3.63) is 12.2 Å². The molecule has 0 bridgehead atoms. The fourth-order valence-corrected chi connectivity index (χ4v) is 4.32. The lowest BCUT2D eigenvalue weighted by Gasteiger charge is -1.99. The van der Waals surface area contributed by atoms with Crippen LogP contribution in [0.2, 0.25) is 0 Å². The minimum absolute atomic E-state index is 0.241. The molecule has 0 saturated carbocycles. The van der Waals surface area contributed by atoms with E-state index < -0.39 is 5.97 Å². The zero-order valence-electron chi connectivity index (χ0n) is 18.1. The van der Waals surface area contributed by atoms with Gasteiger partial charge in [-0.05, 0) is 32.1 Å². The van der Waals surface area contributed by atoms with Gasteiger partial charge in [0.25, 0.3) is 0 Å². The van der Waals surface area contributed by atoms with E-state index in [1.807, 2.05) is 0 Å². The topological polar surface area (TPSA) is 74.9 Å². The van der Waals surface area contributed by atoms with E-state index in [2.05, 4.69) is 19.1 Å². The third-order valence-electron chi connectivity index (χ3n) is 6.40. The average molecular weight is 409 g/mol. The van der Waals surface area contributed by atoms with Crippen molar-refractivity contribution < 1.29 is 24.1 Å². The molecule has 0 aromatic heterocycles. The summed E-state index contributed by atoms with van der Waals surface area (Å²) in [6.45, 7) is 2.27. The highest BCUT2D eigenvalue weighted by molar-refractivity contribution is 5.66. The molecule has 3 saturated heterocycles. The summed E-state index contributed by atoms with van der Waals surface area (Å²) in [5.74, 6) is -0.722. The van der Waals surface area contributed by atoms with Crippen molar-refractivity contribution in [2.24, 2.45) is 0 Å². The molecular formula is C24H40O5. The quantitative estimate of drug-likeness (QED) is 0.186. The number of carbonyl (C=O) groups is 1. The molecule has 5 nitrogen and oxygen atoms in total. The van der Waals surface area contributed by atoms with Gasteiger partial charge in [-0.1, -0.05) is 64.0 Å². The molecule has 6 atom stereocenters. The number of hydrogen-bond donors (Lipinski definition) is 1. The third-order valence-corrected chi connectivity index (χ3v) is 6.40. The third kappa shape index (κ3) is 9.18. The maximum atomic E-state index is 10.5. The van der Waals surface area contributed by atoms with Gasteiger partial charge in [0.1, 0.15) is 0 Å². The molecule has 3 aliphatic rings. The van der Waals surface area contributed by atoms with Gasteiger partial charge in [0, 0.05) is 12.8 Å². The van der Waals surface area contributed by atoms with Crippen LogP contribution in [0.1, 0.15) is 96.8 Å². The number of aliphatic carboxylic acids is 1. The minimum Gasteiger partial charge on any atom is -0.481 e. The fraction of sp³-hybridized carbons (Fsp3) is 0.875. The molecule has 0 aliphatic carbocycles. The molecule has 3 aliphatic heterocycles. The van der Waals surface area contributed by atoms with Crippen molar-refractivity contribution in [2.45, 2.75) is 133 Å². The first-order chi connectivity index (χ1) is 14.2. The second-order valence-electron chi connectivity index (χ2n) is 9.01. The van der Waals surface area contributed by atoms with E-state index >= 15 is 0 Å². The highest BCUT2D eigenvalue weighted by atomic mass is 16.6. The lowest BCUT2D eigenvalue weighted by atomic mass is 10.1. The van der Waals surface area contributed by atoms with Gasteiger partial charge in [0.2, 0.25) is 0 Å². The predicted octanol–water partition coefficient (Wildman–Crippen LogP) is 5.41. The van der Waals surface area contributed by atoms with Gasteiger partial charge in [-0.15, -0.1) is 0 Å². The molecule has 0 radical (unpaired) electrons. The predicted molar refractivity (Wildman–Crippen MR) is 113 cm³/mol. The number of rotatable bonds is 18. The largest absolute Gasteiger partial charge is 0.481 e. The Labute approximate surface area is 176 Å². The highest BCUT2D eigenvalue weighted by Gasteiger charge is 2.47. The van der Waals surface area contributed by atoms with E-state index in [1.54, 1.807) is 0 Å². The Kier molecular flexibility index (Phi) is 9.47. The number of carboxylic acid groups (broad SMARTS) is 1. The second-order valence-corrected chi connectivity index (χ2v) is 9.01. The molecule has 6 unspecified atom stereocenters. The van der Waals surface area contributed by atoms with Gasteiger partial charge < -0.3 is 19.3 Å². The smallest absolute Gasteiger partial charge is 0.303 e. The van der Waals surface area contributed by atoms with Crippen molar-refractivity contribution in [3.8, 4) is 0 Å². The van der Waals surface area contributed by atoms with E-state index in [0.717, 1.165) is 25.7 Å². The van der Waals surface area contributed by atoms with Gasteiger partial charge in [-0.2, -0.15) is 0 Å². The van der Waals surface area contributed by atoms with Crippen molar-refractivity contribution in [1.82, 2.24) is 0 Å². The second kappa shape index (κ2) is 12.1. The fourth-order valence-electron chi connectivity index (χ4n) is 4.32. The molecule has 0 aromatic carbocycles. The van der Waals surface area contributed by atoms with Gasteiger partial charge in [0.15, 0.2) is 0 Å². The van der Waals surface area contributed by atoms with E-state index in [4.69, 9.17) is 19.3 Å². The number of ether oxygens (including phenoxy) is 3. The van der Waals surface area contributed by atoms with Crippen LogP contribution in [0.4, 0.5) is 0 Å². The molecule has 166 valence electrons. The van der Waals surface area contributed by atoms with Crippen LogP contribution in [0.5, 0.6) is 0 Å². The molecule has 0 spiro atoms. The van der Waals surface area contributed by atoms with Crippen molar-refractivity contribution in [3.63, 3.8) is 0 Å². The lowest BCUT2D eigenvalue weighted by Crippen LogP contribution is -2.02. The van der Waals surface area contributed by atoms with Crippen LogP contribution < -0.4 is 0 Å². The van der Waals surface area contributed by atoms with Crippen LogP contribution in [0.3, 0.4) is 0 Å². The van der Waals surface area contributed by atoms with E-state index in [-0.39, 0.29) is 18.6 Å². The Balaban J connectivity index is 1.11. The average Bonchev–Trinajstić information content (AvgIpc) is 3.59. The van der Waals surface area contributed by atoms with E-state index in [1.165, 1.54) is 51.4 Å². The van der Waals surface area contributed by atoms with Crippen molar-refractivity contribution >= 4 is 5.97 Å². The number of hydrogen-bond acceptors (Lipinski definition) is 4. The molecule has 0 aromatic rings. The molecule has 29 heavy (non-hydrogen) atoms. The SMILES string of the molecule is CCCCCCCCCC1OC1CC=CCC1OC1CC1OC1CCCC(=O)O. The molecule has 5 heteroatoms. The molecule has 3 heterocycles. The molecular weight excluding hydrogens is 368 g/mol. The number of carboxylic acids is 1. The summed E-state index contributed by atoms with van der Waals surface area (Å²) >= 11 is 0. The summed E-state index contributed by atoms with van der Waals surface area (Å²) in [4.78, 5) is 10.5. The van der Waals surface area contributed by atoms with Crippen molar-refractivity contribution in [2.75, 3.05) is 0 Å². The Hall–Kier alpha value is -0.910. The Bertz CT molecular complexity index is 519. The summed E-state index contributed by atoms with van der Waals surface area (Å²) in [5, 5.41) is 8.66. The van der Waals surface area contributed by atoms with Gasteiger partial charge >= 0.3 is 5.97 Å². The van der Waals surface area contributed by atoms with Crippen molar-refractivity contribution in [1.29, 1.82) is 0 Å². The zero-order valence-corrected chi connectivity index (χ0v) is 18.1. The van der Waals surface area contributed by atoms with Gasteiger partial charge in [-0.25, -0.2) is 0 Å². The zero-order chi connectivity index (χ0) is 20.5. The Morgan fingerprint density at radius 1 is 0.724 bits per heavy atom. The van der Waals surface area contributed by atoms with Crippen LogP contribution >= 0.6 is 0 Å².